The van der Waals surface area contributed by atoms with Crippen molar-refractivity contribution in [2.24, 2.45) is 0 Å². The summed E-state index contributed by atoms with van der Waals surface area (Å²) in [7, 11) is -3.57. The molecule has 5 nitrogen and oxygen atoms in total. The van der Waals surface area contributed by atoms with E-state index in [0.717, 1.165) is 24.8 Å². The first-order valence-electron chi connectivity index (χ1n) is 13.0. The minimum Gasteiger partial charge on any atom is -0.361 e. The topological polar surface area (TPSA) is 86.6 Å². The van der Waals surface area contributed by atoms with Crippen LogP contribution in [0.3, 0.4) is 0 Å². The van der Waals surface area contributed by atoms with E-state index in [0.29, 0.717) is 6.42 Å². The van der Waals surface area contributed by atoms with E-state index in [9.17, 15) is 18.6 Å². The zero-order valence-electron chi connectivity index (χ0n) is 20.8. The molecule has 0 amide bonds. The molecule has 0 aliphatic rings. The van der Waals surface area contributed by atoms with Crippen molar-refractivity contribution < 1.29 is 18.6 Å². The molecule has 3 N–H and O–H groups in total. The van der Waals surface area contributed by atoms with Gasteiger partial charge in [0, 0.05) is 0 Å². The molecule has 0 aliphatic carbocycles. The van der Waals surface area contributed by atoms with Crippen LogP contribution in [0.5, 0.6) is 0 Å². The predicted molar refractivity (Wildman–Crippen MR) is 139 cm³/mol. The second-order valence-corrected chi connectivity index (χ2v) is 11.2. The summed E-state index contributed by atoms with van der Waals surface area (Å²) in [5, 5.41) is 20.5. The van der Waals surface area contributed by atoms with Crippen LogP contribution in [-0.4, -0.2) is 36.2 Å². The number of unbranched alkanes of at least 4 members (excludes halogenated alkanes) is 13. The molecule has 1 atom stereocenters. The molecule has 0 saturated carbocycles. The van der Waals surface area contributed by atoms with Gasteiger partial charge in [-0.1, -0.05) is 127 Å². The molecule has 0 fully saturated rings. The molecule has 1 aromatic carbocycles. The Labute approximate surface area is 202 Å². The molecular formula is C27H47NO4S. The third kappa shape index (κ3) is 15.3. The van der Waals surface area contributed by atoms with Gasteiger partial charge in [0.2, 0.25) is 10.0 Å². The van der Waals surface area contributed by atoms with Crippen molar-refractivity contribution in [2.45, 2.75) is 116 Å². The molecule has 0 aromatic heterocycles. The van der Waals surface area contributed by atoms with Gasteiger partial charge in [0.15, 0.2) is 5.79 Å². The highest BCUT2D eigenvalue weighted by Crippen LogP contribution is 2.15. The number of aliphatic hydroxyl groups is 2. The van der Waals surface area contributed by atoms with Gasteiger partial charge in [0.1, 0.15) is 0 Å². The van der Waals surface area contributed by atoms with Gasteiger partial charge in [-0.3, -0.25) is 0 Å². The summed E-state index contributed by atoms with van der Waals surface area (Å²) in [5.74, 6) is -2.26. The summed E-state index contributed by atoms with van der Waals surface area (Å²) in [4.78, 5) is 0. The summed E-state index contributed by atoms with van der Waals surface area (Å²) in [5.41, 5.74) is 0.808. The quantitative estimate of drug-likeness (QED) is 0.153. The van der Waals surface area contributed by atoms with Crippen LogP contribution in [0.15, 0.2) is 36.4 Å². The molecule has 1 rings (SSSR count). The lowest BCUT2D eigenvalue weighted by Gasteiger charge is -2.26. The minimum absolute atomic E-state index is 0.00779. The van der Waals surface area contributed by atoms with E-state index in [1.54, 1.807) is 6.08 Å². The van der Waals surface area contributed by atoms with E-state index >= 15 is 0 Å². The van der Waals surface area contributed by atoms with Crippen LogP contribution in [0.2, 0.25) is 0 Å². The normalized spacial score (nSPS) is 13.6. The van der Waals surface area contributed by atoms with Gasteiger partial charge in [-0.15, -0.1) is 0 Å². The zero-order chi connectivity index (χ0) is 24.4. The van der Waals surface area contributed by atoms with Crippen molar-refractivity contribution in [2.75, 3.05) is 5.75 Å². The van der Waals surface area contributed by atoms with Crippen molar-refractivity contribution in [3.63, 3.8) is 0 Å². The Bertz CT molecular complexity index is 732. The van der Waals surface area contributed by atoms with E-state index in [-0.39, 0.29) is 5.75 Å². The third-order valence-corrected chi connectivity index (χ3v) is 7.62. The maximum absolute atomic E-state index is 12.3. The average molecular weight is 482 g/mol. The van der Waals surface area contributed by atoms with E-state index in [1.165, 1.54) is 77.2 Å². The third-order valence-electron chi connectivity index (χ3n) is 6.08. The molecule has 0 spiro atoms. The van der Waals surface area contributed by atoms with Gasteiger partial charge in [-0.2, -0.15) is 0 Å². The monoisotopic (exact) mass is 481 g/mol. The Kier molecular flexibility index (Phi) is 15.6. The standard InChI is InChI=1S/C27H47NO4S/c1-3-4-5-6-7-8-9-10-11-12-13-14-15-19-24-33(31,32)28-25(2)27(29,30)23-22-26-20-17-16-18-21-26/h16-18,20-23,25,28-30H,3-15,19,24H2,1-2H3/b23-22+. The maximum atomic E-state index is 12.3. The fourth-order valence-corrected chi connectivity index (χ4v) is 5.24. The Morgan fingerprint density at radius 1 is 0.818 bits per heavy atom. The van der Waals surface area contributed by atoms with Crippen molar-refractivity contribution >= 4 is 16.1 Å². The Morgan fingerprint density at radius 2 is 1.27 bits per heavy atom. The molecule has 0 bridgehead atoms. The van der Waals surface area contributed by atoms with E-state index in [1.807, 2.05) is 30.3 Å². The number of sulfonamides is 1. The first-order valence-corrected chi connectivity index (χ1v) is 14.6. The molecule has 6 heteroatoms. The van der Waals surface area contributed by atoms with Gasteiger partial charge in [0.25, 0.3) is 0 Å². The van der Waals surface area contributed by atoms with E-state index in [2.05, 4.69) is 11.6 Å². The van der Waals surface area contributed by atoms with Crippen molar-refractivity contribution in [1.29, 1.82) is 0 Å². The second-order valence-electron chi connectivity index (χ2n) is 9.28. The number of benzene rings is 1. The molecule has 0 heterocycles. The fraction of sp³-hybridized carbons (Fsp3) is 0.704. The summed E-state index contributed by atoms with van der Waals surface area (Å²) in [6.45, 7) is 3.71. The number of rotatable bonds is 20. The van der Waals surface area contributed by atoms with Crippen LogP contribution in [0.4, 0.5) is 0 Å². The molecule has 33 heavy (non-hydrogen) atoms. The largest absolute Gasteiger partial charge is 0.361 e. The second kappa shape index (κ2) is 17.3. The molecule has 1 aromatic rings. The van der Waals surface area contributed by atoms with Crippen molar-refractivity contribution in [3.8, 4) is 0 Å². The number of nitrogens with one attached hydrogen (secondary N) is 1. The van der Waals surface area contributed by atoms with Crippen LogP contribution >= 0.6 is 0 Å². The van der Waals surface area contributed by atoms with Gasteiger partial charge in [-0.05, 0) is 25.0 Å². The fourth-order valence-electron chi connectivity index (χ4n) is 3.83. The van der Waals surface area contributed by atoms with Gasteiger partial charge < -0.3 is 10.2 Å². The van der Waals surface area contributed by atoms with E-state index < -0.39 is 21.9 Å². The van der Waals surface area contributed by atoms with Gasteiger partial charge >= 0.3 is 0 Å². The lowest BCUT2D eigenvalue weighted by atomic mass is 10.0. The van der Waals surface area contributed by atoms with Crippen molar-refractivity contribution in [3.05, 3.63) is 42.0 Å². The number of hydrogen-bond acceptors (Lipinski definition) is 4. The Morgan fingerprint density at radius 3 is 1.76 bits per heavy atom. The predicted octanol–water partition coefficient (Wildman–Crippen LogP) is 6.17. The minimum atomic E-state index is -3.57. The highest BCUT2D eigenvalue weighted by molar-refractivity contribution is 7.89. The molecule has 1 unspecified atom stereocenters. The van der Waals surface area contributed by atoms with Crippen LogP contribution < -0.4 is 4.72 Å². The summed E-state index contributed by atoms with van der Waals surface area (Å²) < 4.78 is 27.0. The SMILES string of the molecule is CCCCCCCCCCCCCCCCS(=O)(=O)NC(C)C(O)(O)/C=C/c1ccccc1. The van der Waals surface area contributed by atoms with Gasteiger partial charge in [-0.25, -0.2) is 13.1 Å². The average Bonchev–Trinajstić information content (AvgIpc) is 2.78. The molecule has 0 saturated heterocycles. The highest BCUT2D eigenvalue weighted by atomic mass is 32.2. The van der Waals surface area contributed by atoms with E-state index in [4.69, 9.17) is 0 Å². The Hall–Kier alpha value is -1.21. The molecule has 190 valence electrons. The Balaban J connectivity index is 2.12. The first-order chi connectivity index (χ1) is 15.8. The van der Waals surface area contributed by atoms with Crippen LogP contribution in [0.1, 0.15) is 109 Å². The smallest absolute Gasteiger partial charge is 0.212 e. The summed E-state index contributed by atoms with van der Waals surface area (Å²) in [6, 6.07) is 8.18. The molecule has 0 radical (unpaired) electrons. The van der Waals surface area contributed by atoms with Crippen molar-refractivity contribution in [1.82, 2.24) is 4.72 Å². The summed E-state index contributed by atoms with van der Waals surface area (Å²) >= 11 is 0. The van der Waals surface area contributed by atoms with Gasteiger partial charge in [0.05, 0.1) is 11.8 Å². The number of hydrogen-bond donors (Lipinski definition) is 3. The summed E-state index contributed by atoms with van der Waals surface area (Å²) in [6.07, 6.45) is 19.8. The maximum Gasteiger partial charge on any atom is 0.212 e. The lowest BCUT2D eigenvalue weighted by Crippen LogP contribution is -2.50. The molecule has 0 aliphatic heterocycles. The van der Waals surface area contributed by atoms with Crippen LogP contribution in [-0.2, 0) is 10.0 Å². The van der Waals surface area contributed by atoms with Crippen LogP contribution in [0, 0.1) is 0 Å². The zero-order valence-corrected chi connectivity index (χ0v) is 21.7. The lowest BCUT2D eigenvalue weighted by molar-refractivity contribution is -0.133. The first kappa shape index (κ1) is 29.8. The van der Waals surface area contributed by atoms with Crippen LogP contribution in [0.25, 0.3) is 6.08 Å². The highest BCUT2D eigenvalue weighted by Gasteiger charge is 2.31. The molecular weight excluding hydrogens is 434 g/mol.